The Kier molecular flexibility index (Phi) is 5.29. The van der Waals surface area contributed by atoms with E-state index in [1.54, 1.807) is 0 Å². The number of piperidine rings is 1. The molecule has 1 saturated carbocycles. The fourth-order valence-electron chi connectivity index (χ4n) is 3.45. The highest BCUT2D eigenvalue weighted by Crippen LogP contribution is 2.28. The highest BCUT2D eigenvalue weighted by atomic mass is 16.5. The van der Waals surface area contributed by atoms with Crippen LogP contribution < -0.4 is 0 Å². The second-order valence-corrected chi connectivity index (χ2v) is 6.01. The Morgan fingerprint density at radius 2 is 1.79 bits per heavy atom. The Labute approximate surface area is 117 Å². The zero-order valence-electron chi connectivity index (χ0n) is 12.3. The van der Waals surface area contributed by atoms with Crippen LogP contribution in [-0.2, 0) is 4.74 Å². The fourth-order valence-corrected chi connectivity index (χ4v) is 3.45. The van der Waals surface area contributed by atoms with Gasteiger partial charge in [0.25, 0.3) is 0 Å². The van der Waals surface area contributed by atoms with Crippen molar-refractivity contribution in [1.29, 1.82) is 0 Å². The van der Waals surface area contributed by atoms with Gasteiger partial charge in [-0.2, -0.15) is 0 Å². The van der Waals surface area contributed by atoms with Crippen molar-refractivity contribution >= 4 is 6.09 Å². The van der Waals surface area contributed by atoms with E-state index in [-0.39, 0.29) is 12.1 Å². The first kappa shape index (κ1) is 14.4. The summed E-state index contributed by atoms with van der Waals surface area (Å²) >= 11 is 0. The molecule has 1 heterocycles. The molecule has 0 spiro atoms. The number of amides is 1. The molecule has 0 bridgehead atoms. The minimum absolute atomic E-state index is 0.175. The summed E-state index contributed by atoms with van der Waals surface area (Å²) in [6, 6.07) is 0.528. The van der Waals surface area contributed by atoms with Gasteiger partial charge in [0.15, 0.2) is 0 Å². The summed E-state index contributed by atoms with van der Waals surface area (Å²) < 4.78 is 4.94. The molecule has 1 saturated heterocycles. The van der Waals surface area contributed by atoms with Crippen LogP contribution in [0.15, 0.2) is 12.2 Å². The maximum atomic E-state index is 11.9. The molecule has 0 radical (unpaired) electrons. The van der Waals surface area contributed by atoms with Crippen LogP contribution in [0.3, 0.4) is 0 Å². The average Bonchev–Trinajstić information content (AvgIpc) is 2.45. The van der Waals surface area contributed by atoms with Crippen molar-refractivity contribution < 1.29 is 9.53 Å². The molecule has 0 aromatic carbocycles. The van der Waals surface area contributed by atoms with Crippen molar-refractivity contribution in [2.75, 3.05) is 7.11 Å². The highest BCUT2D eigenvalue weighted by molar-refractivity contribution is 5.68. The standard InChI is InChI=1S/C16H27NO2/c1-13-7-6-10-15(17(13)16(18)19-2)12-11-14-8-4-3-5-9-14/h11-15H,3-10H2,1-2H3/b12-11+/t13-,15+/m1/s1. The number of likely N-dealkylation sites (tertiary alicyclic amines) is 1. The number of hydrogen-bond donors (Lipinski definition) is 0. The molecule has 0 N–H and O–H groups in total. The first-order chi connectivity index (χ1) is 9.22. The van der Waals surface area contributed by atoms with E-state index < -0.39 is 0 Å². The first-order valence-corrected chi connectivity index (χ1v) is 7.77. The average molecular weight is 265 g/mol. The molecule has 2 aliphatic rings. The lowest BCUT2D eigenvalue weighted by molar-refractivity contribution is 0.0768. The number of carbonyl (C=O) groups excluding carboxylic acids is 1. The lowest BCUT2D eigenvalue weighted by Crippen LogP contribution is -2.48. The van der Waals surface area contributed by atoms with E-state index in [9.17, 15) is 4.79 Å². The van der Waals surface area contributed by atoms with E-state index in [4.69, 9.17) is 4.74 Å². The molecule has 3 heteroatoms. The van der Waals surface area contributed by atoms with E-state index in [0.29, 0.717) is 6.04 Å². The Morgan fingerprint density at radius 3 is 2.47 bits per heavy atom. The third kappa shape index (κ3) is 3.74. The summed E-state index contributed by atoms with van der Waals surface area (Å²) in [6.45, 7) is 2.12. The van der Waals surface area contributed by atoms with Crippen molar-refractivity contribution in [2.45, 2.75) is 70.4 Å². The van der Waals surface area contributed by atoms with Crippen LogP contribution in [-0.4, -0.2) is 30.2 Å². The van der Waals surface area contributed by atoms with Gasteiger partial charge in [0, 0.05) is 6.04 Å². The van der Waals surface area contributed by atoms with Gasteiger partial charge in [0.2, 0.25) is 0 Å². The molecular weight excluding hydrogens is 238 g/mol. The Bertz CT molecular complexity index is 321. The lowest BCUT2D eigenvalue weighted by Gasteiger charge is -2.38. The monoisotopic (exact) mass is 265 g/mol. The number of carbonyl (C=O) groups is 1. The number of hydrogen-bond acceptors (Lipinski definition) is 2. The fraction of sp³-hybridized carbons (Fsp3) is 0.812. The summed E-state index contributed by atoms with van der Waals surface area (Å²) in [5.74, 6) is 0.727. The Hall–Kier alpha value is -0.990. The smallest absolute Gasteiger partial charge is 0.410 e. The minimum Gasteiger partial charge on any atom is -0.453 e. The van der Waals surface area contributed by atoms with Gasteiger partial charge in [-0.15, -0.1) is 0 Å². The number of rotatable bonds is 2. The number of methoxy groups -OCH3 is 1. The van der Waals surface area contributed by atoms with Crippen LogP contribution >= 0.6 is 0 Å². The van der Waals surface area contributed by atoms with Crippen LogP contribution in [0.25, 0.3) is 0 Å². The van der Waals surface area contributed by atoms with Gasteiger partial charge < -0.3 is 4.74 Å². The molecule has 3 nitrogen and oxygen atoms in total. The zero-order chi connectivity index (χ0) is 13.7. The molecule has 2 fully saturated rings. The van der Waals surface area contributed by atoms with E-state index in [1.165, 1.54) is 45.6 Å². The normalized spacial score (nSPS) is 29.7. The molecule has 0 aromatic rings. The van der Waals surface area contributed by atoms with Gasteiger partial charge in [0.1, 0.15) is 0 Å². The van der Waals surface area contributed by atoms with Crippen LogP contribution in [0, 0.1) is 5.92 Å². The van der Waals surface area contributed by atoms with Gasteiger partial charge in [-0.3, -0.25) is 4.90 Å². The molecule has 1 aliphatic heterocycles. The first-order valence-electron chi connectivity index (χ1n) is 7.77. The van der Waals surface area contributed by atoms with E-state index in [2.05, 4.69) is 19.1 Å². The van der Waals surface area contributed by atoms with Crippen LogP contribution in [0.5, 0.6) is 0 Å². The Morgan fingerprint density at radius 1 is 1.05 bits per heavy atom. The van der Waals surface area contributed by atoms with E-state index in [1.807, 2.05) is 4.90 Å². The second-order valence-electron chi connectivity index (χ2n) is 6.01. The maximum absolute atomic E-state index is 11.9. The van der Waals surface area contributed by atoms with E-state index >= 15 is 0 Å². The largest absolute Gasteiger partial charge is 0.453 e. The molecule has 0 unspecified atom stereocenters. The topological polar surface area (TPSA) is 29.5 Å². The predicted molar refractivity (Wildman–Crippen MR) is 77.1 cm³/mol. The van der Waals surface area contributed by atoms with Crippen LogP contribution in [0.4, 0.5) is 4.79 Å². The third-order valence-electron chi connectivity index (χ3n) is 4.59. The molecule has 2 atom stereocenters. The molecule has 1 aliphatic carbocycles. The molecule has 19 heavy (non-hydrogen) atoms. The van der Waals surface area contributed by atoms with Gasteiger partial charge in [0.05, 0.1) is 13.2 Å². The molecule has 0 aromatic heterocycles. The molecular formula is C16H27NO2. The van der Waals surface area contributed by atoms with Crippen LogP contribution in [0.1, 0.15) is 58.3 Å². The van der Waals surface area contributed by atoms with Crippen molar-refractivity contribution in [3.8, 4) is 0 Å². The Balaban J connectivity index is 1.98. The van der Waals surface area contributed by atoms with E-state index in [0.717, 1.165) is 18.8 Å². The van der Waals surface area contributed by atoms with Gasteiger partial charge in [-0.05, 0) is 44.9 Å². The maximum Gasteiger partial charge on any atom is 0.410 e. The predicted octanol–water partition coefficient (Wildman–Crippen LogP) is 4.13. The number of ether oxygens (including phenoxy) is 1. The summed E-state index contributed by atoms with van der Waals surface area (Å²) in [6.07, 6.45) is 14.5. The van der Waals surface area contributed by atoms with Crippen molar-refractivity contribution in [3.63, 3.8) is 0 Å². The summed E-state index contributed by atoms with van der Waals surface area (Å²) in [5, 5.41) is 0. The quantitative estimate of drug-likeness (QED) is 0.702. The van der Waals surface area contributed by atoms with Gasteiger partial charge in [-0.1, -0.05) is 31.4 Å². The number of allylic oxidation sites excluding steroid dienone is 1. The van der Waals surface area contributed by atoms with Gasteiger partial charge >= 0.3 is 6.09 Å². The highest BCUT2D eigenvalue weighted by Gasteiger charge is 2.31. The molecule has 2 rings (SSSR count). The summed E-state index contributed by atoms with van der Waals surface area (Å²) in [4.78, 5) is 13.8. The minimum atomic E-state index is -0.175. The van der Waals surface area contributed by atoms with Crippen molar-refractivity contribution in [2.24, 2.45) is 5.92 Å². The van der Waals surface area contributed by atoms with Gasteiger partial charge in [-0.25, -0.2) is 4.79 Å². The molecule has 108 valence electrons. The second kappa shape index (κ2) is 6.97. The third-order valence-corrected chi connectivity index (χ3v) is 4.59. The van der Waals surface area contributed by atoms with Crippen molar-refractivity contribution in [1.82, 2.24) is 4.90 Å². The molecule has 1 amide bonds. The summed E-state index contributed by atoms with van der Waals surface area (Å²) in [7, 11) is 1.48. The number of nitrogens with zero attached hydrogens (tertiary/aromatic N) is 1. The SMILES string of the molecule is COC(=O)N1[C@H](C)CCC[C@H]1/C=C/C1CCCCC1. The van der Waals surface area contributed by atoms with Crippen LogP contribution in [0.2, 0.25) is 0 Å². The van der Waals surface area contributed by atoms with Crippen molar-refractivity contribution in [3.05, 3.63) is 12.2 Å². The zero-order valence-corrected chi connectivity index (χ0v) is 12.3. The lowest BCUT2D eigenvalue weighted by atomic mass is 9.88. The summed E-state index contributed by atoms with van der Waals surface area (Å²) in [5.41, 5.74) is 0.